The third-order valence-electron chi connectivity index (χ3n) is 2.85. The summed E-state index contributed by atoms with van der Waals surface area (Å²) in [6.45, 7) is 4.44. The van der Waals surface area contributed by atoms with Gasteiger partial charge >= 0.3 is 0 Å². The lowest BCUT2D eigenvalue weighted by Gasteiger charge is -2.26. The Morgan fingerprint density at radius 2 is 2.06 bits per heavy atom. The fourth-order valence-electron chi connectivity index (χ4n) is 1.89. The van der Waals surface area contributed by atoms with E-state index >= 15 is 0 Å². The molecule has 2 N–H and O–H groups in total. The summed E-state index contributed by atoms with van der Waals surface area (Å²) in [7, 11) is 0. The van der Waals surface area contributed by atoms with Crippen molar-refractivity contribution in [1.82, 2.24) is 4.90 Å². The standard InChI is InChI=1S/C14H21N3/c1-2-14(11-16)17(10-6-9-15)12-13-7-4-3-5-8-13/h3-5,7-8,14H,2,6,9-10,12,15H2,1H3. The minimum atomic E-state index is -0.0123. The van der Waals surface area contributed by atoms with Crippen LogP contribution < -0.4 is 5.73 Å². The molecule has 1 rings (SSSR count). The molecule has 1 atom stereocenters. The topological polar surface area (TPSA) is 53.0 Å². The second-order valence-corrected chi connectivity index (χ2v) is 4.15. The molecule has 0 amide bonds. The molecule has 0 radical (unpaired) electrons. The van der Waals surface area contributed by atoms with Crippen molar-refractivity contribution in [2.24, 2.45) is 5.73 Å². The van der Waals surface area contributed by atoms with Gasteiger partial charge in [0.05, 0.1) is 12.1 Å². The van der Waals surface area contributed by atoms with Crippen molar-refractivity contribution in [3.05, 3.63) is 35.9 Å². The highest BCUT2D eigenvalue weighted by Gasteiger charge is 2.15. The number of hydrogen-bond donors (Lipinski definition) is 1. The number of hydrogen-bond acceptors (Lipinski definition) is 3. The van der Waals surface area contributed by atoms with E-state index in [0.717, 1.165) is 25.9 Å². The minimum absolute atomic E-state index is 0.0123. The highest BCUT2D eigenvalue weighted by atomic mass is 15.1. The third kappa shape index (κ3) is 4.56. The summed E-state index contributed by atoms with van der Waals surface area (Å²) in [6, 6.07) is 12.6. The van der Waals surface area contributed by atoms with Gasteiger partial charge in [-0.1, -0.05) is 37.3 Å². The summed E-state index contributed by atoms with van der Waals surface area (Å²) in [5.74, 6) is 0. The normalized spacial score (nSPS) is 12.4. The second-order valence-electron chi connectivity index (χ2n) is 4.15. The van der Waals surface area contributed by atoms with Crippen LogP contribution in [0.4, 0.5) is 0 Å². The number of nitrogens with zero attached hydrogens (tertiary/aromatic N) is 2. The van der Waals surface area contributed by atoms with Crippen LogP contribution in [0.3, 0.4) is 0 Å². The molecular formula is C14H21N3. The van der Waals surface area contributed by atoms with Gasteiger partial charge in [0.15, 0.2) is 0 Å². The highest BCUT2D eigenvalue weighted by molar-refractivity contribution is 5.15. The maximum absolute atomic E-state index is 9.15. The monoisotopic (exact) mass is 231 g/mol. The fourth-order valence-corrected chi connectivity index (χ4v) is 1.89. The molecule has 0 aliphatic carbocycles. The van der Waals surface area contributed by atoms with E-state index in [4.69, 9.17) is 11.0 Å². The Balaban J connectivity index is 2.66. The number of rotatable bonds is 7. The van der Waals surface area contributed by atoms with Gasteiger partial charge in [-0.3, -0.25) is 4.90 Å². The molecule has 1 unspecified atom stereocenters. The molecule has 0 fully saturated rings. The van der Waals surface area contributed by atoms with Gasteiger partial charge in [0.2, 0.25) is 0 Å². The van der Waals surface area contributed by atoms with Crippen molar-refractivity contribution in [2.45, 2.75) is 32.4 Å². The van der Waals surface area contributed by atoms with Crippen LogP contribution in [0.5, 0.6) is 0 Å². The van der Waals surface area contributed by atoms with E-state index in [2.05, 4.69) is 23.1 Å². The van der Waals surface area contributed by atoms with Crippen LogP contribution in [0.1, 0.15) is 25.3 Å². The van der Waals surface area contributed by atoms with Gasteiger partial charge in [0, 0.05) is 13.1 Å². The van der Waals surface area contributed by atoms with E-state index in [1.54, 1.807) is 0 Å². The highest BCUT2D eigenvalue weighted by Crippen LogP contribution is 2.10. The Morgan fingerprint density at radius 1 is 1.35 bits per heavy atom. The molecule has 0 saturated heterocycles. The minimum Gasteiger partial charge on any atom is -0.330 e. The van der Waals surface area contributed by atoms with E-state index in [9.17, 15) is 0 Å². The Kier molecular flexibility index (Phi) is 6.31. The van der Waals surface area contributed by atoms with Gasteiger partial charge in [-0.05, 0) is 24.9 Å². The summed E-state index contributed by atoms with van der Waals surface area (Å²) in [4.78, 5) is 2.21. The first kappa shape index (κ1) is 13.7. The van der Waals surface area contributed by atoms with Gasteiger partial charge < -0.3 is 5.73 Å². The first-order valence-corrected chi connectivity index (χ1v) is 6.19. The molecule has 0 aromatic heterocycles. The maximum Gasteiger partial charge on any atom is 0.0978 e. The number of nitrogens with two attached hydrogens (primary N) is 1. The Labute approximate surface area is 104 Å². The first-order chi connectivity index (χ1) is 8.31. The van der Waals surface area contributed by atoms with Crippen LogP contribution in [0.15, 0.2) is 30.3 Å². The van der Waals surface area contributed by atoms with Crippen molar-refractivity contribution >= 4 is 0 Å². The molecule has 0 heterocycles. The Morgan fingerprint density at radius 3 is 2.59 bits per heavy atom. The lowest BCUT2D eigenvalue weighted by molar-refractivity contribution is 0.219. The van der Waals surface area contributed by atoms with E-state index < -0.39 is 0 Å². The summed E-state index contributed by atoms with van der Waals surface area (Å²) in [6.07, 6.45) is 1.79. The van der Waals surface area contributed by atoms with Gasteiger partial charge in [0.25, 0.3) is 0 Å². The smallest absolute Gasteiger partial charge is 0.0978 e. The quantitative estimate of drug-likeness (QED) is 0.782. The Hall–Kier alpha value is -1.37. The lowest BCUT2D eigenvalue weighted by Crippen LogP contribution is -2.35. The number of benzene rings is 1. The van der Waals surface area contributed by atoms with Crippen LogP contribution in [-0.4, -0.2) is 24.0 Å². The van der Waals surface area contributed by atoms with Gasteiger partial charge in [-0.2, -0.15) is 5.26 Å². The molecule has 0 aliphatic heterocycles. The summed E-state index contributed by atoms with van der Waals surface area (Å²) < 4.78 is 0. The molecule has 0 bridgehead atoms. The predicted molar refractivity (Wildman–Crippen MR) is 70.2 cm³/mol. The van der Waals surface area contributed by atoms with E-state index in [1.165, 1.54) is 5.56 Å². The molecule has 0 saturated carbocycles. The summed E-state index contributed by atoms with van der Waals surface area (Å²) in [5, 5.41) is 9.15. The summed E-state index contributed by atoms with van der Waals surface area (Å²) in [5.41, 5.74) is 6.79. The maximum atomic E-state index is 9.15. The SMILES string of the molecule is CCC(C#N)N(CCCN)Cc1ccccc1. The van der Waals surface area contributed by atoms with E-state index in [-0.39, 0.29) is 6.04 Å². The average Bonchev–Trinajstić information content (AvgIpc) is 2.38. The first-order valence-electron chi connectivity index (χ1n) is 6.19. The van der Waals surface area contributed by atoms with Crippen molar-refractivity contribution in [1.29, 1.82) is 5.26 Å². The van der Waals surface area contributed by atoms with Gasteiger partial charge in [-0.25, -0.2) is 0 Å². The largest absolute Gasteiger partial charge is 0.330 e. The molecule has 92 valence electrons. The zero-order valence-electron chi connectivity index (χ0n) is 10.5. The van der Waals surface area contributed by atoms with Crippen molar-refractivity contribution in [3.8, 4) is 6.07 Å². The van der Waals surface area contributed by atoms with Crippen LogP contribution in [-0.2, 0) is 6.54 Å². The summed E-state index contributed by atoms with van der Waals surface area (Å²) >= 11 is 0. The third-order valence-corrected chi connectivity index (χ3v) is 2.85. The average molecular weight is 231 g/mol. The molecule has 3 heteroatoms. The molecule has 3 nitrogen and oxygen atoms in total. The second kappa shape index (κ2) is 7.83. The van der Waals surface area contributed by atoms with E-state index in [0.29, 0.717) is 6.54 Å². The molecule has 0 spiro atoms. The van der Waals surface area contributed by atoms with E-state index in [1.807, 2.05) is 25.1 Å². The molecular weight excluding hydrogens is 210 g/mol. The number of nitriles is 1. The Bertz CT molecular complexity index is 342. The molecule has 1 aromatic rings. The van der Waals surface area contributed by atoms with Crippen LogP contribution in [0.25, 0.3) is 0 Å². The van der Waals surface area contributed by atoms with Crippen LogP contribution in [0, 0.1) is 11.3 Å². The van der Waals surface area contributed by atoms with Crippen molar-refractivity contribution in [3.63, 3.8) is 0 Å². The zero-order valence-corrected chi connectivity index (χ0v) is 10.5. The fraction of sp³-hybridized carbons (Fsp3) is 0.500. The van der Waals surface area contributed by atoms with Gasteiger partial charge in [-0.15, -0.1) is 0 Å². The van der Waals surface area contributed by atoms with Crippen LogP contribution in [0.2, 0.25) is 0 Å². The molecule has 17 heavy (non-hydrogen) atoms. The van der Waals surface area contributed by atoms with Crippen molar-refractivity contribution < 1.29 is 0 Å². The zero-order chi connectivity index (χ0) is 12.5. The molecule has 0 aliphatic rings. The van der Waals surface area contributed by atoms with Crippen LogP contribution >= 0.6 is 0 Å². The van der Waals surface area contributed by atoms with Gasteiger partial charge in [0.1, 0.15) is 0 Å². The molecule has 1 aromatic carbocycles. The van der Waals surface area contributed by atoms with Crippen molar-refractivity contribution in [2.75, 3.05) is 13.1 Å². The lowest BCUT2D eigenvalue weighted by atomic mass is 10.1. The predicted octanol–water partition coefficient (Wildman–Crippen LogP) is 2.14.